The van der Waals surface area contributed by atoms with Crippen LogP contribution in [0, 0.1) is 11.6 Å². The van der Waals surface area contributed by atoms with Gasteiger partial charge in [-0.1, -0.05) is 17.7 Å². The summed E-state index contributed by atoms with van der Waals surface area (Å²) in [5.41, 5.74) is 0.711. The van der Waals surface area contributed by atoms with Crippen LogP contribution < -0.4 is 0 Å². The van der Waals surface area contributed by atoms with Crippen LogP contribution in [0.3, 0.4) is 0 Å². The van der Waals surface area contributed by atoms with Crippen LogP contribution in [0.15, 0.2) is 36.7 Å². The maximum absolute atomic E-state index is 13.3. The first-order valence-corrected chi connectivity index (χ1v) is 5.07. The zero-order valence-corrected chi connectivity index (χ0v) is 9.01. The molecule has 0 saturated heterocycles. The van der Waals surface area contributed by atoms with E-state index in [-0.39, 0.29) is 12.0 Å². The Labute approximate surface area is 96.7 Å². The van der Waals surface area contributed by atoms with Crippen molar-refractivity contribution in [3.63, 3.8) is 0 Å². The Morgan fingerprint density at radius 1 is 1.12 bits per heavy atom. The van der Waals surface area contributed by atoms with Crippen molar-refractivity contribution >= 4 is 11.6 Å². The summed E-state index contributed by atoms with van der Waals surface area (Å²) in [4.78, 5) is 3.86. The fourth-order valence-corrected chi connectivity index (χ4v) is 1.65. The lowest BCUT2D eigenvalue weighted by Crippen LogP contribution is -1.97. The van der Waals surface area contributed by atoms with Gasteiger partial charge in [0.05, 0.1) is 5.02 Å². The van der Waals surface area contributed by atoms with Crippen LogP contribution in [-0.4, -0.2) is 4.98 Å². The highest BCUT2D eigenvalue weighted by Gasteiger charge is 2.09. The molecule has 0 radical (unpaired) electrons. The van der Waals surface area contributed by atoms with E-state index in [2.05, 4.69) is 4.98 Å². The third kappa shape index (κ3) is 2.36. The van der Waals surface area contributed by atoms with Gasteiger partial charge in [0.2, 0.25) is 0 Å². The van der Waals surface area contributed by atoms with Gasteiger partial charge in [-0.05, 0) is 23.8 Å². The summed E-state index contributed by atoms with van der Waals surface area (Å²) in [6, 6.07) is 5.44. The molecule has 1 nitrogen and oxygen atoms in total. The Kier molecular flexibility index (Phi) is 3.15. The molecular formula is C12H8ClF2N. The molecule has 4 heteroatoms. The summed E-state index contributed by atoms with van der Waals surface area (Å²) in [7, 11) is 0. The molecule has 0 saturated carbocycles. The zero-order chi connectivity index (χ0) is 11.5. The van der Waals surface area contributed by atoms with Crippen molar-refractivity contribution < 1.29 is 8.78 Å². The van der Waals surface area contributed by atoms with Crippen molar-refractivity contribution in [3.8, 4) is 0 Å². The molecule has 82 valence electrons. The SMILES string of the molecule is Fc1cccc(F)c1Cc1cncc(Cl)c1. The molecule has 1 heterocycles. The van der Waals surface area contributed by atoms with E-state index in [4.69, 9.17) is 11.6 Å². The summed E-state index contributed by atoms with van der Waals surface area (Å²) < 4.78 is 26.7. The number of aromatic nitrogens is 1. The Morgan fingerprint density at radius 2 is 1.81 bits per heavy atom. The third-order valence-corrected chi connectivity index (χ3v) is 2.41. The third-order valence-electron chi connectivity index (χ3n) is 2.20. The Hall–Kier alpha value is -1.48. The molecule has 0 atom stereocenters. The molecule has 0 N–H and O–H groups in total. The van der Waals surface area contributed by atoms with E-state index in [1.165, 1.54) is 30.6 Å². The van der Waals surface area contributed by atoms with Crippen LogP contribution in [0.2, 0.25) is 5.02 Å². The van der Waals surface area contributed by atoms with Crippen LogP contribution in [0.25, 0.3) is 0 Å². The van der Waals surface area contributed by atoms with Crippen molar-refractivity contribution in [2.75, 3.05) is 0 Å². The van der Waals surface area contributed by atoms with Crippen LogP contribution in [0.5, 0.6) is 0 Å². The second-order valence-electron chi connectivity index (χ2n) is 3.39. The Bertz CT molecular complexity index is 494. The molecule has 0 spiro atoms. The van der Waals surface area contributed by atoms with E-state index >= 15 is 0 Å². The van der Waals surface area contributed by atoms with Crippen molar-refractivity contribution in [2.24, 2.45) is 0 Å². The van der Waals surface area contributed by atoms with Gasteiger partial charge in [0, 0.05) is 24.4 Å². The predicted octanol–water partition coefficient (Wildman–Crippen LogP) is 3.60. The highest BCUT2D eigenvalue weighted by Crippen LogP contribution is 2.18. The van der Waals surface area contributed by atoms with Crippen LogP contribution in [-0.2, 0) is 6.42 Å². The van der Waals surface area contributed by atoms with E-state index in [0.29, 0.717) is 10.6 Å². The van der Waals surface area contributed by atoms with Gasteiger partial charge in [0.1, 0.15) is 11.6 Å². The first-order chi connectivity index (χ1) is 7.66. The summed E-state index contributed by atoms with van der Waals surface area (Å²) in [6.45, 7) is 0. The molecular weight excluding hydrogens is 232 g/mol. The van der Waals surface area contributed by atoms with Gasteiger partial charge in [-0.25, -0.2) is 8.78 Å². The van der Waals surface area contributed by atoms with Crippen molar-refractivity contribution in [1.29, 1.82) is 0 Å². The number of pyridine rings is 1. The number of halogens is 3. The standard InChI is InChI=1S/C12H8ClF2N/c13-9-4-8(6-16-7-9)5-10-11(14)2-1-3-12(10)15/h1-4,6-7H,5H2. The monoisotopic (exact) mass is 239 g/mol. The second kappa shape index (κ2) is 4.58. The van der Waals surface area contributed by atoms with Gasteiger partial charge in [-0.3, -0.25) is 4.98 Å². The van der Waals surface area contributed by atoms with Gasteiger partial charge in [0.15, 0.2) is 0 Å². The van der Waals surface area contributed by atoms with Crippen LogP contribution >= 0.6 is 11.6 Å². The van der Waals surface area contributed by atoms with E-state index in [1.807, 2.05) is 0 Å². The molecule has 2 aromatic rings. The fourth-order valence-electron chi connectivity index (χ4n) is 1.46. The predicted molar refractivity (Wildman–Crippen MR) is 58.4 cm³/mol. The fraction of sp³-hybridized carbons (Fsp3) is 0.0833. The van der Waals surface area contributed by atoms with Crippen molar-refractivity contribution in [2.45, 2.75) is 6.42 Å². The highest BCUT2D eigenvalue weighted by molar-refractivity contribution is 6.30. The largest absolute Gasteiger partial charge is 0.263 e. The second-order valence-corrected chi connectivity index (χ2v) is 3.82. The molecule has 16 heavy (non-hydrogen) atoms. The molecule has 0 bridgehead atoms. The van der Waals surface area contributed by atoms with Gasteiger partial charge < -0.3 is 0 Å². The zero-order valence-electron chi connectivity index (χ0n) is 8.25. The van der Waals surface area contributed by atoms with E-state index < -0.39 is 11.6 Å². The minimum absolute atomic E-state index is 0.0339. The number of rotatable bonds is 2. The van der Waals surface area contributed by atoms with E-state index in [0.717, 1.165) is 0 Å². The molecule has 1 aromatic heterocycles. The van der Waals surface area contributed by atoms with Crippen LogP contribution in [0.1, 0.15) is 11.1 Å². The normalized spacial score (nSPS) is 10.4. The average Bonchev–Trinajstić information content (AvgIpc) is 2.24. The minimum atomic E-state index is -0.556. The Morgan fingerprint density at radius 3 is 2.44 bits per heavy atom. The molecule has 0 fully saturated rings. The molecule has 1 aromatic carbocycles. The number of hydrogen-bond donors (Lipinski definition) is 0. The topological polar surface area (TPSA) is 12.9 Å². The van der Waals surface area contributed by atoms with Crippen molar-refractivity contribution in [1.82, 2.24) is 4.98 Å². The lowest BCUT2D eigenvalue weighted by atomic mass is 10.1. The van der Waals surface area contributed by atoms with Crippen molar-refractivity contribution in [3.05, 3.63) is 64.4 Å². The lowest BCUT2D eigenvalue weighted by Gasteiger charge is -2.04. The van der Waals surface area contributed by atoms with Gasteiger partial charge in [-0.2, -0.15) is 0 Å². The summed E-state index contributed by atoms with van der Waals surface area (Å²) in [6.07, 6.45) is 3.16. The quantitative estimate of drug-likeness (QED) is 0.780. The summed E-state index contributed by atoms with van der Waals surface area (Å²) >= 11 is 5.74. The Balaban J connectivity index is 2.34. The maximum Gasteiger partial charge on any atom is 0.129 e. The molecule has 0 aliphatic rings. The highest BCUT2D eigenvalue weighted by atomic mass is 35.5. The van der Waals surface area contributed by atoms with Gasteiger partial charge >= 0.3 is 0 Å². The molecule has 0 aliphatic heterocycles. The lowest BCUT2D eigenvalue weighted by molar-refractivity contribution is 0.561. The minimum Gasteiger partial charge on any atom is -0.263 e. The summed E-state index contributed by atoms with van der Waals surface area (Å²) in [5, 5.41) is 0.453. The molecule has 0 amide bonds. The van der Waals surface area contributed by atoms with E-state index in [1.54, 1.807) is 6.07 Å². The van der Waals surface area contributed by atoms with Gasteiger partial charge in [-0.15, -0.1) is 0 Å². The summed E-state index contributed by atoms with van der Waals surface area (Å²) in [5.74, 6) is -1.11. The maximum atomic E-state index is 13.3. The number of hydrogen-bond acceptors (Lipinski definition) is 1. The molecule has 0 aliphatic carbocycles. The molecule has 0 unspecified atom stereocenters. The first kappa shape index (κ1) is 11.0. The first-order valence-electron chi connectivity index (χ1n) is 4.69. The smallest absolute Gasteiger partial charge is 0.129 e. The number of benzene rings is 1. The van der Waals surface area contributed by atoms with Gasteiger partial charge in [0.25, 0.3) is 0 Å². The number of nitrogens with zero attached hydrogens (tertiary/aromatic N) is 1. The average molecular weight is 240 g/mol. The van der Waals surface area contributed by atoms with Crippen LogP contribution in [0.4, 0.5) is 8.78 Å². The van der Waals surface area contributed by atoms with E-state index in [9.17, 15) is 8.78 Å². The molecule has 2 rings (SSSR count).